The molecule has 4 heteroatoms. The quantitative estimate of drug-likeness (QED) is 0.720. The van der Waals surface area contributed by atoms with Crippen LogP contribution in [0.15, 0.2) is 42.6 Å². The molecular weight excluding hydrogens is 238 g/mol. The van der Waals surface area contributed by atoms with Gasteiger partial charge in [-0.2, -0.15) is 0 Å². The molecule has 0 aliphatic rings. The number of ether oxygens (including phenoxy) is 1. The summed E-state index contributed by atoms with van der Waals surface area (Å²) in [5.74, 6) is 1.88. The van der Waals surface area contributed by atoms with Gasteiger partial charge < -0.3 is 9.30 Å². The van der Waals surface area contributed by atoms with Crippen LogP contribution >= 0.6 is 0 Å². The molecule has 0 bridgehead atoms. The van der Waals surface area contributed by atoms with Crippen LogP contribution in [0.3, 0.4) is 0 Å². The van der Waals surface area contributed by atoms with Gasteiger partial charge in [0.1, 0.15) is 17.1 Å². The molecule has 4 nitrogen and oxygen atoms in total. The first kappa shape index (κ1) is 11.7. The van der Waals surface area contributed by atoms with Crippen molar-refractivity contribution in [2.24, 2.45) is 7.05 Å². The van der Waals surface area contributed by atoms with Crippen molar-refractivity contribution in [2.75, 3.05) is 7.11 Å². The van der Waals surface area contributed by atoms with Gasteiger partial charge in [0, 0.05) is 25.2 Å². The van der Waals surface area contributed by atoms with Crippen LogP contribution in [-0.4, -0.2) is 21.6 Å². The molecule has 0 saturated carbocycles. The molecule has 0 unspecified atom stereocenters. The maximum Gasteiger partial charge on any atom is 0.159 e. The van der Waals surface area contributed by atoms with Crippen molar-refractivity contribution in [3.05, 3.63) is 54.0 Å². The first-order valence-corrected chi connectivity index (χ1v) is 6.18. The minimum atomic E-state index is 0.733. The molecular formula is C15H15N3O. The molecule has 0 fully saturated rings. The van der Waals surface area contributed by atoms with Gasteiger partial charge in [0.15, 0.2) is 5.65 Å². The monoisotopic (exact) mass is 253 g/mol. The normalized spacial score (nSPS) is 10.8. The van der Waals surface area contributed by atoms with Crippen LogP contribution in [0, 0.1) is 0 Å². The number of benzene rings is 1. The van der Waals surface area contributed by atoms with Gasteiger partial charge in [-0.3, -0.25) is 0 Å². The van der Waals surface area contributed by atoms with Crippen molar-refractivity contribution >= 4 is 11.2 Å². The summed E-state index contributed by atoms with van der Waals surface area (Å²) >= 11 is 0. The molecule has 3 rings (SSSR count). The van der Waals surface area contributed by atoms with Crippen LogP contribution in [0.2, 0.25) is 0 Å². The van der Waals surface area contributed by atoms with E-state index in [0.717, 1.165) is 34.7 Å². The Kier molecular flexibility index (Phi) is 2.91. The molecule has 1 aromatic carbocycles. The third kappa shape index (κ3) is 2.05. The molecule has 0 spiro atoms. The van der Waals surface area contributed by atoms with E-state index >= 15 is 0 Å². The number of hydrogen-bond donors (Lipinski definition) is 0. The second-order valence-electron chi connectivity index (χ2n) is 4.42. The zero-order chi connectivity index (χ0) is 13.2. The summed E-state index contributed by atoms with van der Waals surface area (Å²) in [6.45, 7) is 0. The fraction of sp³-hybridized carbons (Fsp3) is 0.200. The predicted molar refractivity (Wildman–Crippen MR) is 74.3 cm³/mol. The molecule has 0 radical (unpaired) electrons. The molecule has 0 N–H and O–H groups in total. The smallest absolute Gasteiger partial charge is 0.159 e. The maximum absolute atomic E-state index is 5.38. The van der Waals surface area contributed by atoms with Gasteiger partial charge in [0.25, 0.3) is 0 Å². The lowest BCUT2D eigenvalue weighted by Gasteiger charge is -2.07. The number of rotatable bonds is 3. The Morgan fingerprint density at radius 3 is 2.79 bits per heavy atom. The molecule has 0 amide bonds. The zero-order valence-electron chi connectivity index (χ0n) is 11.0. The molecule has 2 aromatic heterocycles. The summed E-state index contributed by atoms with van der Waals surface area (Å²) < 4.78 is 7.41. The van der Waals surface area contributed by atoms with Gasteiger partial charge in [0.2, 0.25) is 0 Å². The summed E-state index contributed by atoms with van der Waals surface area (Å²) in [7, 11) is 3.68. The van der Waals surface area contributed by atoms with Gasteiger partial charge in [-0.25, -0.2) is 9.97 Å². The average Bonchev–Trinajstić information content (AvgIpc) is 2.77. The summed E-state index contributed by atoms with van der Waals surface area (Å²) in [6.07, 6.45) is 2.52. The highest BCUT2D eigenvalue weighted by molar-refractivity contribution is 5.71. The molecule has 3 aromatic rings. The van der Waals surface area contributed by atoms with Crippen LogP contribution in [0.4, 0.5) is 0 Å². The maximum atomic E-state index is 5.38. The Labute approximate surface area is 111 Å². The van der Waals surface area contributed by atoms with Gasteiger partial charge in [-0.15, -0.1) is 0 Å². The van der Waals surface area contributed by atoms with E-state index in [-0.39, 0.29) is 0 Å². The first-order chi connectivity index (χ1) is 9.29. The third-order valence-corrected chi connectivity index (χ3v) is 3.26. The van der Waals surface area contributed by atoms with Crippen molar-refractivity contribution in [3.8, 4) is 5.75 Å². The highest BCUT2D eigenvalue weighted by Crippen LogP contribution is 2.22. The fourth-order valence-corrected chi connectivity index (χ4v) is 2.25. The number of nitrogens with zero attached hydrogens (tertiary/aromatic N) is 3. The zero-order valence-corrected chi connectivity index (χ0v) is 11.0. The number of hydrogen-bond acceptors (Lipinski definition) is 3. The highest BCUT2D eigenvalue weighted by Gasteiger charge is 2.11. The van der Waals surface area contributed by atoms with Crippen molar-refractivity contribution in [3.63, 3.8) is 0 Å². The lowest BCUT2D eigenvalue weighted by atomic mass is 10.1. The number of para-hydroxylation sites is 1. The Morgan fingerprint density at radius 2 is 2.00 bits per heavy atom. The van der Waals surface area contributed by atoms with E-state index in [1.807, 2.05) is 41.9 Å². The molecule has 0 saturated heterocycles. The van der Waals surface area contributed by atoms with E-state index in [0.29, 0.717) is 0 Å². The molecule has 0 atom stereocenters. The van der Waals surface area contributed by atoms with Crippen LogP contribution in [0.25, 0.3) is 11.2 Å². The van der Waals surface area contributed by atoms with Crippen LogP contribution in [-0.2, 0) is 13.5 Å². The topological polar surface area (TPSA) is 39.9 Å². The van der Waals surface area contributed by atoms with Gasteiger partial charge in [-0.05, 0) is 18.2 Å². The van der Waals surface area contributed by atoms with Crippen LogP contribution < -0.4 is 4.74 Å². The average molecular weight is 253 g/mol. The fourth-order valence-electron chi connectivity index (χ4n) is 2.25. The summed E-state index contributed by atoms with van der Waals surface area (Å²) in [5.41, 5.74) is 2.96. The van der Waals surface area contributed by atoms with E-state index in [9.17, 15) is 0 Å². The molecule has 0 aliphatic carbocycles. The van der Waals surface area contributed by atoms with E-state index in [2.05, 4.69) is 16.0 Å². The van der Waals surface area contributed by atoms with E-state index in [1.165, 1.54) is 0 Å². The largest absolute Gasteiger partial charge is 0.496 e. The lowest BCUT2D eigenvalue weighted by Crippen LogP contribution is -2.01. The summed E-state index contributed by atoms with van der Waals surface area (Å²) in [6, 6.07) is 11.9. The second-order valence-corrected chi connectivity index (χ2v) is 4.42. The van der Waals surface area contributed by atoms with E-state index < -0.39 is 0 Å². The number of aromatic nitrogens is 3. The Bertz CT molecular complexity index is 718. The number of methoxy groups -OCH3 is 1. The van der Waals surface area contributed by atoms with Gasteiger partial charge in [0.05, 0.1) is 7.11 Å². The minimum absolute atomic E-state index is 0.733. The highest BCUT2D eigenvalue weighted by atomic mass is 16.5. The van der Waals surface area contributed by atoms with Gasteiger partial charge in [-0.1, -0.05) is 18.2 Å². The molecule has 19 heavy (non-hydrogen) atoms. The first-order valence-electron chi connectivity index (χ1n) is 6.18. The van der Waals surface area contributed by atoms with Gasteiger partial charge >= 0.3 is 0 Å². The predicted octanol–water partition coefficient (Wildman–Crippen LogP) is 2.57. The number of fused-ring (bicyclic) bond motifs is 1. The van der Waals surface area contributed by atoms with Crippen molar-refractivity contribution in [1.29, 1.82) is 0 Å². The third-order valence-electron chi connectivity index (χ3n) is 3.26. The van der Waals surface area contributed by atoms with Crippen molar-refractivity contribution in [2.45, 2.75) is 6.42 Å². The van der Waals surface area contributed by atoms with Crippen LogP contribution in [0.1, 0.15) is 11.4 Å². The number of pyridine rings is 1. The van der Waals surface area contributed by atoms with E-state index in [1.54, 1.807) is 13.3 Å². The summed E-state index contributed by atoms with van der Waals surface area (Å²) in [4.78, 5) is 8.98. The molecule has 96 valence electrons. The second kappa shape index (κ2) is 4.72. The van der Waals surface area contributed by atoms with Crippen LogP contribution in [0.5, 0.6) is 5.75 Å². The Hall–Kier alpha value is -2.36. The lowest BCUT2D eigenvalue weighted by molar-refractivity contribution is 0.410. The number of imidazole rings is 1. The van der Waals surface area contributed by atoms with Crippen molar-refractivity contribution < 1.29 is 4.74 Å². The van der Waals surface area contributed by atoms with E-state index in [4.69, 9.17) is 4.74 Å². The molecule has 0 aliphatic heterocycles. The standard InChI is InChI=1S/C15H15N3O/c1-18-14(17-12-7-5-9-16-15(12)18)10-11-6-3-4-8-13(11)19-2/h3-9H,10H2,1-2H3. The molecule has 2 heterocycles. The number of aryl methyl sites for hydroxylation is 1. The summed E-state index contributed by atoms with van der Waals surface area (Å²) in [5, 5.41) is 0. The Morgan fingerprint density at radius 1 is 1.16 bits per heavy atom. The minimum Gasteiger partial charge on any atom is -0.496 e. The SMILES string of the molecule is COc1ccccc1Cc1nc2cccnc2n1C. The Balaban J connectivity index is 2.03. The van der Waals surface area contributed by atoms with Crippen molar-refractivity contribution in [1.82, 2.24) is 14.5 Å².